The first-order valence-electron chi connectivity index (χ1n) is 13.1. The summed E-state index contributed by atoms with van der Waals surface area (Å²) in [6.45, 7) is 0. The molecule has 0 saturated heterocycles. The third-order valence-corrected chi connectivity index (χ3v) is 18.6. The largest absolute Gasteiger partial charge is 0.625 e. The Labute approximate surface area is 200 Å². The molecule has 0 bridgehead atoms. The van der Waals surface area contributed by atoms with Crippen LogP contribution in [0.2, 0.25) is 0 Å². The van der Waals surface area contributed by atoms with Crippen LogP contribution in [0.1, 0.15) is 88.5 Å². The highest BCUT2D eigenvalue weighted by Gasteiger charge is 2.73. The van der Waals surface area contributed by atoms with E-state index in [-0.39, 0.29) is 17.2 Å². The summed E-state index contributed by atoms with van der Waals surface area (Å²) < 4.78 is 35.9. The van der Waals surface area contributed by atoms with Gasteiger partial charge in [0.25, 0.3) is 0 Å². The lowest BCUT2D eigenvalue weighted by Crippen LogP contribution is -2.59. The van der Waals surface area contributed by atoms with E-state index in [9.17, 15) is 0 Å². The van der Waals surface area contributed by atoms with Crippen LogP contribution >= 0.6 is 7.14 Å². The summed E-state index contributed by atoms with van der Waals surface area (Å²) in [5.74, 6) is 0.105. The Balaban J connectivity index is 1.63. The lowest BCUT2D eigenvalue weighted by molar-refractivity contribution is 0.329. The third kappa shape index (κ3) is 3.09. The molecule has 3 aliphatic carbocycles. The zero-order valence-corrected chi connectivity index (χ0v) is 21.2. The number of hydrogen-bond acceptors (Lipinski definition) is 3. The van der Waals surface area contributed by atoms with Gasteiger partial charge in [-0.2, -0.15) is 0 Å². The van der Waals surface area contributed by atoms with Gasteiger partial charge in [-0.1, -0.05) is 74.9 Å². The van der Waals surface area contributed by atoms with Crippen LogP contribution in [-0.4, -0.2) is 20.4 Å². The predicted molar refractivity (Wildman–Crippen MR) is 137 cm³/mol. The van der Waals surface area contributed by atoms with E-state index in [1.54, 1.807) is 0 Å². The minimum absolute atomic E-state index is 0.105. The maximum atomic E-state index is 16.0. The molecule has 3 fully saturated rings. The molecule has 3 nitrogen and oxygen atoms in total. The molecule has 0 spiro atoms. The Hall–Kier alpha value is -1.22. The molecule has 0 aromatic heterocycles. The van der Waals surface area contributed by atoms with E-state index in [1.165, 1.54) is 44.1 Å². The molecule has 2 aromatic carbocycles. The molecule has 3 saturated carbocycles. The minimum atomic E-state index is -2.88. The summed E-state index contributed by atoms with van der Waals surface area (Å²) in [6.07, 6.45) is 13.2. The van der Waals surface area contributed by atoms with Crippen LogP contribution in [0.4, 0.5) is 5.69 Å². The van der Waals surface area contributed by atoms with Gasteiger partial charge in [0.2, 0.25) is 0 Å². The second kappa shape index (κ2) is 8.47. The number of fused-ring (bicyclic) bond motifs is 3. The maximum Gasteiger partial charge on any atom is 0.175 e. The third-order valence-electron chi connectivity index (χ3n) is 9.24. The molecule has 0 radical (unpaired) electrons. The first-order chi connectivity index (χ1) is 16.1. The molecule has 2 aromatic rings. The molecule has 33 heavy (non-hydrogen) atoms. The van der Waals surface area contributed by atoms with Crippen LogP contribution in [0, 0.1) is 0 Å². The van der Waals surface area contributed by atoms with Gasteiger partial charge >= 0.3 is 0 Å². The lowest BCUT2D eigenvalue weighted by atomic mass is 9.77. The Bertz CT molecular complexity index is 1100. The van der Waals surface area contributed by atoms with Crippen LogP contribution in [0.15, 0.2) is 63.9 Å². The quantitative estimate of drug-likeness (QED) is 0.325. The molecular formula is C28H36NO2PS. The summed E-state index contributed by atoms with van der Waals surface area (Å²) in [4.78, 5) is 0.802. The Morgan fingerprint density at radius 3 is 1.94 bits per heavy atom. The van der Waals surface area contributed by atoms with Crippen molar-refractivity contribution in [2.45, 2.75) is 104 Å². The summed E-state index contributed by atoms with van der Waals surface area (Å²) in [5.41, 5.74) is 2.51. The van der Waals surface area contributed by atoms with Crippen molar-refractivity contribution in [3.05, 3.63) is 60.2 Å². The van der Waals surface area contributed by atoms with Gasteiger partial charge in [0, 0.05) is 23.7 Å². The van der Waals surface area contributed by atoms with Gasteiger partial charge in [0.05, 0.1) is 0 Å². The van der Waals surface area contributed by atoms with E-state index in [4.69, 9.17) is 4.36 Å². The average molecular weight is 482 g/mol. The molecule has 1 heterocycles. The van der Waals surface area contributed by atoms with Crippen LogP contribution < -0.4 is 0 Å². The van der Waals surface area contributed by atoms with Crippen LogP contribution in [-0.2, 0) is 14.7 Å². The van der Waals surface area contributed by atoms with E-state index in [2.05, 4.69) is 12.1 Å². The van der Waals surface area contributed by atoms with E-state index < -0.39 is 21.7 Å². The summed E-state index contributed by atoms with van der Waals surface area (Å²) >= 11 is 0. The van der Waals surface area contributed by atoms with Gasteiger partial charge < -0.3 is 9.12 Å². The Morgan fingerprint density at radius 2 is 1.36 bits per heavy atom. The Morgan fingerprint density at radius 1 is 0.788 bits per heavy atom. The summed E-state index contributed by atoms with van der Waals surface area (Å²) in [7, 11) is -5.72. The van der Waals surface area contributed by atoms with E-state index in [1.807, 2.05) is 42.5 Å². The monoisotopic (exact) mass is 481 g/mol. The molecule has 3 atom stereocenters. The number of nitrogens with zero attached hydrogens (tertiary/aromatic N) is 1. The van der Waals surface area contributed by atoms with Gasteiger partial charge in [0.1, 0.15) is 17.7 Å². The van der Waals surface area contributed by atoms with Crippen molar-refractivity contribution in [2.75, 3.05) is 0 Å². The van der Waals surface area contributed by atoms with Crippen LogP contribution in [0.3, 0.4) is 0 Å². The van der Waals surface area contributed by atoms with E-state index in [0.29, 0.717) is 0 Å². The number of benzene rings is 2. The normalized spacial score (nSPS) is 32.8. The van der Waals surface area contributed by atoms with Crippen molar-refractivity contribution in [3.8, 4) is 0 Å². The second-order valence-corrected chi connectivity index (χ2v) is 17.1. The van der Waals surface area contributed by atoms with Crippen LogP contribution in [0.5, 0.6) is 0 Å². The molecule has 176 valence electrons. The topological polar surface area (TPSA) is 52.5 Å². The highest BCUT2D eigenvalue weighted by Crippen LogP contribution is 2.83. The Kier molecular flexibility index (Phi) is 5.71. The zero-order valence-electron chi connectivity index (χ0n) is 19.5. The van der Waals surface area contributed by atoms with E-state index >= 15 is 9.12 Å². The zero-order chi connectivity index (χ0) is 22.5. The fourth-order valence-corrected chi connectivity index (χ4v) is 18.5. The van der Waals surface area contributed by atoms with Crippen molar-refractivity contribution in [3.63, 3.8) is 0 Å². The molecule has 1 aliphatic heterocycles. The number of hydrogen-bond donors (Lipinski definition) is 0. The highest BCUT2D eigenvalue weighted by molar-refractivity contribution is 8.08. The highest BCUT2D eigenvalue weighted by atomic mass is 32.3. The van der Waals surface area contributed by atoms with Crippen molar-refractivity contribution in [2.24, 2.45) is 4.36 Å². The van der Waals surface area contributed by atoms with Crippen molar-refractivity contribution >= 4 is 22.9 Å². The maximum absolute atomic E-state index is 16.0. The molecule has 6 rings (SSSR count). The standard InChI is InChI=1S/C28H36NO2PS/c30-32(22-12-4-1-5-13-22,23-14-6-2-7-15-23)28-21-20-26(28)25-18-10-11-19-27(25)29-33(28,31)24-16-8-3-9-17-24/h3,8-11,16-19,22-23,26H,1-2,4-7,12-15,20-21H2/t26-,28-,33?/m0/s1. The smallest absolute Gasteiger partial charge is 0.175 e. The molecule has 4 aliphatic rings. The first kappa shape index (κ1) is 22.3. The van der Waals surface area contributed by atoms with Gasteiger partial charge in [-0.05, 0) is 66.0 Å². The fraction of sp³-hybridized carbons (Fsp3) is 0.571. The summed E-state index contributed by atoms with van der Waals surface area (Å²) in [6, 6.07) is 18.2. The minimum Gasteiger partial charge on any atom is -0.625 e. The van der Waals surface area contributed by atoms with Gasteiger partial charge in [0.15, 0.2) is 4.49 Å². The van der Waals surface area contributed by atoms with Crippen molar-refractivity contribution < 1.29 is 9.12 Å². The molecule has 0 N–H and O–H groups in total. The first-order valence-corrected chi connectivity index (χ1v) is 16.5. The fourth-order valence-electron chi connectivity index (χ4n) is 7.67. The molecular weight excluding hydrogens is 445 g/mol. The molecule has 5 heteroatoms. The van der Waals surface area contributed by atoms with Crippen molar-refractivity contribution in [1.82, 2.24) is 0 Å². The lowest BCUT2D eigenvalue weighted by Gasteiger charge is -2.62. The molecule has 0 amide bonds. The van der Waals surface area contributed by atoms with E-state index in [0.717, 1.165) is 49.1 Å². The van der Waals surface area contributed by atoms with Gasteiger partial charge in [-0.25, -0.2) is 0 Å². The van der Waals surface area contributed by atoms with Gasteiger partial charge in [-0.15, -0.1) is 4.36 Å². The number of rotatable bonds is 4. The molecule has 1 unspecified atom stereocenters. The average Bonchev–Trinajstić information content (AvgIpc) is 2.86. The van der Waals surface area contributed by atoms with Crippen molar-refractivity contribution in [1.29, 1.82) is 0 Å². The SMILES string of the molecule is O=P(C1CCCCC1)(C1CCCCC1)[C@]12CC[C@H]1c1ccccc1N=[S+]2([O-])c1ccccc1. The predicted octanol–water partition coefficient (Wildman–Crippen LogP) is 8.46. The van der Waals surface area contributed by atoms with Crippen LogP contribution in [0.25, 0.3) is 0 Å². The van der Waals surface area contributed by atoms with Gasteiger partial charge in [-0.3, -0.25) is 0 Å². The summed E-state index contributed by atoms with van der Waals surface area (Å²) in [5, 5.41) is 0. The second-order valence-electron chi connectivity index (χ2n) is 10.7.